The molecule has 0 aliphatic carbocycles. The van der Waals surface area contributed by atoms with Crippen molar-refractivity contribution in [2.75, 3.05) is 14.2 Å². The number of benzene rings is 2. The van der Waals surface area contributed by atoms with Crippen molar-refractivity contribution in [1.82, 2.24) is 5.32 Å². The molecule has 0 aliphatic heterocycles. The van der Waals surface area contributed by atoms with Gasteiger partial charge in [-0.05, 0) is 54.3 Å². The molecule has 0 fully saturated rings. The van der Waals surface area contributed by atoms with Crippen molar-refractivity contribution in [3.63, 3.8) is 0 Å². The summed E-state index contributed by atoms with van der Waals surface area (Å²) in [6, 6.07) is 13.3. The van der Waals surface area contributed by atoms with Crippen molar-refractivity contribution in [3.05, 3.63) is 53.1 Å². The number of nitrogens with one attached hydrogen (secondary N) is 1. The summed E-state index contributed by atoms with van der Waals surface area (Å²) in [4.78, 5) is 0. The Morgan fingerprint density at radius 3 is 2.38 bits per heavy atom. The molecule has 0 radical (unpaired) electrons. The van der Waals surface area contributed by atoms with Gasteiger partial charge in [-0.3, -0.25) is 0 Å². The quantitative estimate of drug-likeness (QED) is 0.857. The van der Waals surface area contributed by atoms with E-state index in [4.69, 9.17) is 4.74 Å². The molecule has 2 rings (SSSR count). The van der Waals surface area contributed by atoms with Crippen LogP contribution in [0.3, 0.4) is 0 Å². The smallest absolute Gasteiger partial charge is 0.123 e. The van der Waals surface area contributed by atoms with Crippen LogP contribution in [0, 0.1) is 0 Å². The van der Waals surface area contributed by atoms with Gasteiger partial charge >= 0.3 is 0 Å². The van der Waals surface area contributed by atoms with E-state index in [1.54, 1.807) is 7.11 Å². The first-order valence-corrected chi connectivity index (χ1v) is 7.67. The Hall–Kier alpha value is -1.80. The average Bonchev–Trinajstić information content (AvgIpc) is 2.54. The fourth-order valence-corrected chi connectivity index (χ4v) is 2.70. The summed E-state index contributed by atoms with van der Waals surface area (Å²) >= 11 is 0. The molecule has 2 nitrogen and oxygen atoms in total. The number of rotatable bonds is 6. The Morgan fingerprint density at radius 1 is 0.952 bits per heavy atom. The van der Waals surface area contributed by atoms with Crippen LogP contribution in [-0.2, 0) is 19.4 Å². The first kappa shape index (κ1) is 15.6. The van der Waals surface area contributed by atoms with Gasteiger partial charge in [-0.15, -0.1) is 0 Å². The molecule has 2 aromatic carbocycles. The van der Waals surface area contributed by atoms with Crippen LogP contribution in [0.25, 0.3) is 11.1 Å². The fraction of sp³-hybridized carbons (Fsp3) is 0.368. The summed E-state index contributed by atoms with van der Waals surface area (Å²) in [7, 11) is 3.69. The van der Waals surface area contributed by atoms with E-state index in [0.29, 0.717) is 0 Å². The monoisotopic (exact) mass is 283 g/mol. The van der Waals surface area contributed by atoms with Crippen molar-refractivity contribution in [2.45, 2.75) is 33.2 Å². The SMILES string of the molecule is CCc1ccc(CC)c(-c2ccc(OC)c(CNC)c2)c1. The molecule has 0 heterocycles. The zero-order valence-electron chi connectivity index (χ0n) is 13.5. The zero-order chi connectivity index (χ0) is 15.2. The molecule has 1 N–H and O–H groups in total. The van der Waals surface area contributed by atoms with Crippen molar-refractivity contribution < 1.29 is 4.74 Å². The van der Waals surface area contributed by atoms with Crippen LogP contribution in [0.2, 0.25) is 0 Å². The second kappa shape index (κ2) is 7.28. The van der Waals surface area contributed by atoms with Gasteiger partial charge in [-0.25, -0.2) is 0 Å². The number of aryl methyl sites for hydroxylation is 2. The summed E-state index contributed by atoms with van der Waals surface area (Å²) in [5, 5.41) is 3.21. The summed E-state index contributed by atoms with van der Waals surface area (Å²) < 4.78 is 5.45. The van der Waals surface area contributed by atoms with Crippen LogP contribution in [0.4, 0.5) is 0 Å². The lowest BCUT2D eigenvalue weighted by molar-refractivity contribution is 0.408. The minimum absolute atomic E-state index is 0.811. The van der Waals surface area contributed by atoms with Gasteiger partial charge in [0, 0.05) is 12.1 Å². The van der Waals surface area contributed by atoms with Crippen molar-refractivity contribution in [3.8, 4) is 16.9 Å². The lowest BCUT2D eigenvalue weighted by atomic mass is 9.94. The lowest BCUT2D eigenvalue weighted by Crippen LogP contribution is -2.06. The summed E-state index contributed by atoms with van der Waals surface area (Å²) in [5.74, 6) is 0.942. The van der Waals surface area contributed by atoms with E-state index in [0.717, 1.165) is 25.1 Å². The Morgan fingerprint density at radius 2 is 1.76 bits per heavy atom. The van der Waals surface area contributed by atoms with Gasteiger partial charge < -0.3 is 10.1 Å². The van der Waals surface area contributed by atoms with Crippen molar-refractivity contribution in [2.24, 2.45) is 0 Å². The largest absolute Gasteiger partial charge is 0.496 e. The average molecular weight is 283 g/mol. The van der Waals surface area contributed by atoms with Gasteiger partial charge in [0.05, 0.1) is 7.11 Å². The standard InChI is InChI=1S/C19H25NO/c1-5-14-7-8-15(6-2)18(11-14)16-9-10-19(21-4)17(12-16)13-20-3/h7-12,20H,5-6,13H2,1-4H3. The summed E-state index contributed by atoms with van der Waals surface area (Å²) in [6.07, 6.45) is 2.11. The van der Waals surface area contributed by atoms with E-state index >= 15 is 0 Å². The Kier molecular flexibility index (Phi) is 5.40. The topological polar surface area (TPSA) is 21.3 Å². The molecule has 0 bridgehead atoms. The molecule has 112 valence electrons. The predicted molar refractivity (Wildman–Crippen MR) is 89.9 cm³/mol. The van der Waals surface area contributed by atoms with Crippen LogP contribution in [0.5, 0.6) is 5.75 Å². The van der Waals surface area contributed by atoms with Crippen molar-refractivity contribution >= 4 is 0 Å². The van der Waals surface area contributed by atoms with E-state index in [-0.39, 0.29) is 0 Å². The van der Waals surface area contributed by atoms with Gasteiger partial charge in [-0.1, -0.05) is 38.1 Å². The van der Waals surface area contributed by atoms with Crippen LogP contribution in [-0.4, -0.2) is 14.2 Å². The predicted octanol–water partition coefficient (Wildman–Crippen LogP) is 4.21. The van der Waals surface area contributed by atoms with Gasteiger partial charge in [-0.2, -0.15) is 0 Å². The molecular weight excluding hydrogens is 258 g/mol. The second-order valence-corrected chi connectivity index (χ2v) is 5.26. The van der Waals surface area contributed by atoms with Gasteiger partial charge in [0.15, 0.2) is 0 Å². The van der Waals surface area contributed by atoms with Gasteiger partial charge in [0.1, 0.15) is 5.75 Å². The molecule has 0 spiro atoms. The highest BCUT2D eigenvalue weighted by atomic mass is 16.5. The minimum Gasteiger partial charge on any atom is -0.496 e. The fourth-order valence-electron chi connectivity index (χ4n) is 2.70. The molecule has 2 heteroatoms. The molecule has 0 aromatic heterocycles. The molecule has 2 aromatic rings. The molecule has 0 atom stereocenters. The third kappa shape index (κ3) is 3.45. The van der Waals surface area contributed by atoms with E-state index in [1.807, 2.05) is 7.05 Å². The Bertz CT molecular complexity index is 605. The first-order valence-electron chi connectivity index (χ1n) is 7.67. The Balaban J connectivity index is 2.52. The molecular formula is C19H25NO. The van der Waals surface area contributed by atoms with E-state index in [9.17, 15) is 0 Å². The maximum atomic E-state index is 5.45. The molecule has 0 unspecified atom stereocenters. The van der Waals surface area contributed by atoms with Gasteiger partial charge in [0.25, 0.3) is 0 Å². The van der Waals surface area contributed by atoms with E-state index < -0.39 is 0 Å². The number of methoxy groups -OCH3 is 1. The molecule has 0 saturated carbocycles. The third-order valence-electron chi connectivity index (χ3n) is 3.92. The molecule has 0 amide bonds. The maximum absolute atomic E-state index is 5.45. The number of ether oxygens (including phenoxy) is 1. The second-order valence-electron chi connectivity index (χ2n) is 5.26. The van der Waals surface area contributed by atoms with Crippen LogP contribution < -0.4 is 10.1 Å². The molecule has 0 saturated heterocycles. The first-order chi connectivity index (χ1) is 10.2. The van der Waals surface area contributed by atoms with Crippen LogP contribution >= 0.6 is 0 Å². The Labute approximate surface area is 128 Å². The minimum atomic E-state index is 0.811. The van der Waals surface area contributed by atoms with Gasteiger partial charge in [0.2, 0.25) is 0 Å². The highest BCUT2D eigenvalue weighted by Crippen LogP contribution is 2.30. The normalized spacial score (nSPS) is 10.7. The van der Waals surface area contributed by atoms with Crippen LogP contribution in [0.1, 0.15) is 30.5 Å². The molecule has 0 aliphatic rings. The van der Waals surface area contributed by atoms with Crippen LogP contribution in [0.15, 0.2) is 36.4 Å². The van der Waals surface area contributed by atoms with E-state index in [2.05, 4.69) is 55.6 Å². The number of hydrogen-bond acceptors (Lipinski definition) is 2. The van der Waals surface area contributed by atoms with Crippen molar-refractivity contribution in [1.29, 1.82) is 0 Å². The lowest BCUT2D eigenvalue weighted by Gasteiger charge is -2.14. The third-order valence-corrected chi connectivity index (χ3v) is 3.92. The summed E-state index contributed by atoms with van der Waals surface area (Å²) in [6.45, 7) is 5.22. The maximum Gasteiger partial charge on any atom is 0.123 e. The zero-order valence-corrected chi connectivity index (χ0v) is 13.5. The number of hydrogen-bond donors (Lipinski definition) is 1. The highest BCUT2D eigenvalue weighted by molar-refractivity contribution is 5.70. The highest BCUT2D eigenvalue weighted by Gasteiger charge is 2.09. The molecule has 21 heavy (non-hydrogen) atoms. The summed E-state index contributed by atoms with van der Waals surface area (Å²) in [5.41, 5.74) is 6.59. The van der Waals surface area contributed by atoms with E-state index in [1.165, 1.54) is 27.8 Å².